The summed E-state index contributed by atoms with van der Waals surface area (Å²) in [7, 11) is 1.48. The second-order valence-corrected chi connectivity index (χ2v) is 6.34. The molecule has 0 aliphatic rings. The van der Waals surface area contributed by atoms with E-state index in [0.717, 1.165) is 5.56 Å². The SMILES string of the molecule is COc1cc(CNC(=O)c2cc(Cl)ccc2Br)ccc1OCC(N)=O. The summed E-state index contributed by atoms with van der Waals surface area (Å²) in [6.45, 7) is 0.0412. The standard InChI is InChI=1S/C17H16BrClN2O4/c1-24-15-6-10(2-5-14(15)25-9-16(20)22)8-21-17(23)12-7-11(19)3-4-13(12)18/h2-7H,8-9H2,1H3,(H2,20,22)(H,21,23). The second-order valence-electron chi connectivity index (χ2n) is 5.05. The van der Waals surface area contributed by atoms with E-state index in [-0.39, 0.29) is 19.1 Å². The van der Waals surface area contributed by atoms with Crippen molar-refractivity contribution in [3.63, 3.8) is 0 Å². The van der Waals surface area contributed by atoms with Gasteiger partial charge in [0, 0.05) is 16.0 Å². The highest BCUT2D eigenvalue weighted by Crippen LogP contribution is 2.28. The molecule has 0 unspecified atom stereocenters. The Morgan fingerprint density at radius 2 is 1.96 bits per heavy atom. The number of amides is 2. The molecule has 0 aliphatic heterocycles. The summed E-state index contributed by atoms with van der Waals surface area (Å²) >= 11 is 9.25. The number of carbonyl (C=O) groups is 2. The third-order valence-electron chi connectivity index (χ3n) is 3.22. The molecule has 0 radical (unpaired) electrons. The molecule has 0 bridgehead atoms. The van der Waals surface area contributed by atoms with E-state index in [2.05, 4.69) is 21.2 Å². The van der Waals surface area contributed by atoms with Gasteiger partial charge >= 0.3 is 0 Å². The van der Waals surface area contributed by atoms with Crippen molar-refractivity contribution in [2.24, 2.45) is 5.73 Å². The van der Waals surface area contributed by atoms with Crippen molar-refractivity contribution in [2.45, 2.75) is 6.54 Å². The number of ether oxygens (including phenoxy) is 2. The minimum absolute atomic E-state index is 0.241. The van der Waals surface area contributed by atoms with Crippen LogP contribution in [0.4, 0.5) is 0 Å². The Morgan fingerprint density at radius 1 is 1.20 bits per heavy atom. The fourth-order valence-electron chi connectivity index (χ4n) is 2.04. The minimum Gasteiger partial charge on any atom is -0.493 e. The zero-order valence-electron chi connectivity index (χ0n) is 13.3. The number of hydrogen-bond donors (Lipinski definition) is 2. The van der Waals surface area contributed by atoms with Gasteiger partial charge in [-0.25, -0.2) is 0 Å². The van der Waals surface area contributed by atoms with Crippen molar-refractivity contribution in [3.05, 3.63) is 57.0 Å². The van der Waals surface area contributed by atoms with Gasteiger partial charge in [-0.05, 0) is 51.8 Å². The predicted octanol–water partition coefficient (Wildman–Crippen LogP) is 2.91. The minimum atomic E-state index is -0.578. The van der Waals surface area contributed by atoms with Crippen LogP contribution >= 0.6 is 27.5 Å². The fourth-order valence-corrected chi connectivity index (χ4v) is 2.64. The molecule has 8 heteroatoms. The van der Waals surface area contributed by atoms with Crippen LogP contribution in [-0.2, 0) is 11.3 Å². The molecule has 0 aliphatic carbocycles. The summed E-state index contributed by atoms with van der Waals surface area (Å²) in [6.07, 6.45) is 0. The molecule has 132 valence electrons. The van der Waals surface area contributed by atoms with Gasteiger partial charge in [0.25, 0.3) is 11.8 Å². The van der Waals surface area contributed by atoms with Crippen LogP contribution in [0.25, 0.3) is 0 Å². The average Bonchev–Trinajstić information content (AvgIpc) is 2.60. The van der Waals surface area contributed by atoms with Gasteiger partial charge in [0.15, 0.2) is 18.1 Å². The van der Waals surface area contributed by atoms with E-state index in [1.165, 1.54) is 7.11 Å². The predicted molar refractivity (Wildman–Crippen MR) is 98.0 cm³/mol. The van der Waals surface area contributed by atoms with Crippen LogP contribution in [0.1, 0.15) is 15.9 Å². The van der Waals surface area contributed by atoms with Crippen LogP contribution in [0, 0.1) is 0 Å². The third kappa shape index (κ3) is 5.37. The zero-order chi connectivity index (χ0) is 18.4. The molecule has 0 fully saturated rings. The maximum atomic E-state index is 12.3. The van der Waals surface area contributed by atoms with Crippen molar-refractivity contribution < 1.29 is 19.1 Å². The zero-order valence-corrected chi connectivity index (χ0v) is 15.7. The molecular weight excluding hydrogens is 412 g/mol. The van der Waals surface area contributed by atoms with Crippen LogP contribution in [0.3, 0.4) is 0 Å². The Kier molecular flexibility index (Phi) is 6.66. The van der Waals surface area contributed by atoms with Gasteiger partial charge in [-0.2, -0.15) is 0 Å². The summed E-state index contributed by atoms with van der Waals surface area (Å²) in [4.78, 5) is 23.1. The third-order valence-corrected chi connectivity index (χ3v) is 4.15. The van der Waals surface area contributed by atoms with Crippen molar-refractivity contribution in [2.75, 3.05) is 13.7 Å². The van der Waals surface area contributed by atoms with Gasteiger partial charge in [-0.3, -0.25) is 9.59 Å². The number of benzene rings is 2. The highest BCUT2D eigenvalue weighted by Gasteiger charge is 2.12. The Bertz CT molecular complexity index is 798. The molecule has 6 nitrogen and oxygen atoms in total. The van der Waals surface area contributed by atoms with Crippen molar-refractivity contribution in [3.8, 4) is 11.5 Å². The van der Waals surface area contributed by atoms with E-state index in [1.54, 1.807) is 36.4 Å². The summed E-state index contributed by atoms with van der Waals surface area (Å²) in [6, 6.07) is 10.1. The van der Waals surface area contributed by atoms with Crippen LogP contribution in [0.15, 0.2) is 40.9 Å². The van der Waals surface area contributed by atoms with E-state index in [4.69, 9.17) is 26.8 Å². The summed E-state index contributed by atoms with van der Waals surface area (Å²) in [5.41, 5.74) is 6.30. The van der Waals surface area contributed by atoms with Crippen molar-refractivity contribution in [1.29, 1.82) is 0 Å². The van der Waals surface area contributed by atoms with Gasteiger partial charge in [0.05, 0.1) is 12.7 Å². The first-order valence-electron chi connectivity index (χ1n) is 7.22. The molecule has 25 heavy (non-hydrogen) atoms. The fraction of sp³-hybridized carbons (Fsp3) is 0.176. The number of hydrogen-bond acceptors (Lipinski definition) is 4. The van der Waals surface area contributed by atoms with Gasteiger partial charge in [0.1, 0.15) is 0 Å². The van der Waals surface area contributed by atoms with E-state index in [0.29, 0.717) is 26.6 Å². The maximum Gasteiger partial charge on any atom is 0.255 e. The van der Waals surface area contributed by atoms with Gasteiger partial charge in [-0.1, -0.05) is 17.7 Å². The molecule has 0 saturated heterocycles. The molecule has 2 aromatic rings. The van der Waals surface area contributed by atoms with E-state index >= 15 is 0 Å². The monoisotopic (exact) mass is 426 g/mol. The van der Waals surface area contributed by atoms with Crippen LogP contribution in [0.2, 0.25) is 5.02 Å². The van der Waals surface area contributed by atoms with Gasteiger partial charge < -0.3 is 20.5 Å². The molecule has 3 N–H and O–H groups in total. The summed E-state index contributed by atoms with van der Waals surface area (Å²) < 4.78 is 11.1. The van der Waals surface area contributed by atoms with Crippen molar-refractivity contribution >= 4 is 39.3 Å². The Labute approximate surface area is 158 Å². The number of carbonyl (C=O) groups excluding carboxylic acids is 2. The van der Waals surface area contributed by atoms with Crippen molar-refractivity contribution in [1.82, 2.24) is 5.32 Å². The highest BCUT2D eigenvalue weighted by atomic mass is 79.9. The van der Waals surface area contributed by atoms with Crippen LogP contribution in [-0.4, -0.2) is 25.5 Å². The summed E-state index contributed by atoms with van der Waals surface area (Å²) in [5, 5.41) is 3.28. The lowest BCUT2D eigenvalue weighted by Crippen LogP contribution is -2.23. The smallest absolute Gasteiger partial charge is 0.255 e. The lowest BCUT2D eigenvalue weighted by Gasteiger charge is -2.12. The molecule has 2 aromatic carbocycles. The molecule has 0 aromatic heterocycles. The average molecular weight is 428 g/mol. The molecule has 2 rings (SSSR count). The van der Waals surface area contributed by atoms with E-state index in [1.807, 2.05) is 0 Å². The Balaban J connectivity index is 2.06. The van der Waals surface area contributed by atoms with Crippen LogP contribution in [0.5, 0.6) is 11.5 Å². The molecule has 0 saturated carbocycles. The molecule has 0 spiro atoms. The first-order chi connectivity index (χ1) is 11.9. The van der Waals surface area contributed by atoms with E-state index in [9.17, 15) is 9.59 Å². The number of methoxy groups -OCH3 is 1. The quantitative estimate of drug-likeness (QED) is 0.711. The first-order valence-corrected chi connectivity index (χ1v) is 8.39. The van der Waals surface area contributed by atoms with E-state index < -0.39 is 5.91 Å². The highest BCUT2D eigenvalue weighted by molar-refractivity contribution is 9.10. The second kappa shape index (κ2) is 8.73. The normalized spacial score (nSPS) is 10.2. The first kappa shape index (κ1) is 19.1. The number of primary amides is 1. The number of nitrogens with one attached hydrogen (secondary N) is 1. The molecular formula is C17H16BrClN2O4. The number of halogens is 2. The number of rotatable bonds is 7. The lowest BCUT2D eigenvalue weighted by atomic mass is 10.1. The van der Waals surface area contributed by atoms with Gasteiger partial charge in [-0.15, -0.1) is 0 Å². The van der Waals surface area contributed by atoms with Crippen LogP contribution < -0.4 is 20.5 Å². The summed E-state index contributed by atoms with van der Waals surface area (Å²) in [5.74, 6) is -0.00112. The Morgan fingerprint density at radius 3 is 2.64 bits per heavy atom. The topological polar surface area (TPSA) is 90.7 Å². The number of nitrogens with two attached hydrogens (primary N) is 1. The molecule has 2 amide bonds. The molecule has 0 heterocycles. The Hall–Kier alpha value is -2.25. The largest absolute Gasteiger partial charge is 0.493 e. The van der Waals surface area contributed by atoms with Gasteiger partial charge in [0.2, 0.25) is 0 Å². The lowest BCUT2D eigenvalue weighted by molar-refractivity contribution is -0.119. The maximum absolute atomic E-state index is 12.3. The molecule has 0 atom stereocenters.